The Balaban J connectivity index is 2.09. The van der Waals surface area contributed by atoms with Crippen molar-refractivity contribution in [1.82, 2.24) is 9.80 Å². The van der Waals surface area contributed by atoms with E-state index in [1.807, 2.05) is 13.8 Å². The van der Waals surface area contributed by atoms with E-state index in [0.29, 0.717) is 32.6 Å². The highest BCUT2D eigenvalue weighted by molar-refractivity contribution is 5.94. The minimum absolute atomic E-state index is 0.0474. The summed E-state index contributed by atoms with van der Waals surface area (Å²) in [6.07, 6.45) is 0.626. The van der Waals surface area contributed by atoms with Crippen molar-refractivity contribution in [3.05, 3.63) is 35.4 Å². The van der Waals surface area contributed by atoms with Crippen LogP contribution in [0.3, 0.4) is 0 Å². The average molecular weight is 310 g/mol. The fourth-order valence-electron chi connectivity index (χ4n) is 2.54. The topological polar surface area (TPSA) is 40.6 Å². The number of hydrogen-bond donors (Lipinski definition) is 0. The van der Waals surface area contributed by atoms with Crippen molar-refractivity contribution in [2.24, 2.45) is 5.92 Å². The monoisotopic (exact) mass is 310 g/mol. The maximum absolute atomic E-state index is 13.7. The summed E-state index contributed by atoms with van der Waals surface area (Å²) in [6.45, 7) is 5.41. The molecule has 0 bridgehead atoms. The molecule has 0 radical (unpaired) electrons. The summed E-state index contributed by atoms with van der Waals surface area (Å²) >= 11 is 0. The molecule has 0 unspecified atom stereocenters. The van der Waals surface area contributed by atoms with Gasteiger partial charge in [-0.05, 0) is 24.6 Å². The Morgan fingerprint density at radius 3 is 2.36 bits per heavy atom. The molecule has 1 aromatic carbocycles. The van der Waals surface area contributed by atoms with Gasteiger partial charge in [0.25, 0.3) is 5.91 Å². The third-order valence-electron chi connectivity index (χ3n) is 3.75. The van der Waals surface area contributed by atoms with Crippen LogP contribution in [0.15, 0.2) is 18.2 Å². The lowest BCUT2D eigenvalue weighted by atomic mass is 10.1. The molecular weight excluding hydrogens is 290 g/mol. The Labute approximate surface area is 128 Å². The number of nitrogens with zero attached hydrogens (tertiary/aromatic N) is 2. The van der Waals surface area contributed by atoms with Gasteiger partial charge in [0.2, 0.25) is 5.91 Å². The number of carbonyl (C=O) groups excluding carboxylic acids is 2. The molecule has 22 heavy (non-hydrogen) atoms. The zero-order chi connectivity index (χ0) is 16.3. The van der Waals surface area contributed by atoms with Gasteiger partial charge in [0.05, 0.1) is 5.56 Å². The van der Waals surface area contributed by atoms with Gasteiger partial charge in [0.15, 0.2) is 0 Å². The van der Waals surface area contributed by atoms with Crippen LogP contribution in [0.2, 0.25) is 0 Å². The normalized spacial score (nSPS) is 15.9. The van der Waals surface area contributed by atoms with Crippen LogP contribution in [0.25, 0.3) is 0 Å². The smallest absolute Gasteiger partial charge is 0.256 e. The van der Waals surface area contributed by atoms with E-state index in [9.17, 15) is 18.4 Å². The Hall–Kier alpha value is -1.98. The summed E-state index contributed by atoms with van der Waals surface area (Å²) in [7, 11) is 0. The van der Waals surface area contributed by atoms with Crippen molar-refractivity contribution >= 4 is 11.8 Å². The first-order chi connectivity index (χ1) is 10.4. The van der Waals surface area contributed by atoms with Crippen LogP contribution >= 0.6 is 0 Å². The van der Waals surface area contributed by atoms with E-state index in [2.05, 4.69) is 0 Å². The lowest BCUT2D eigenvalue weighted by molar-refractivity contribution is -0.134. The highest BCUT2D eigenvalue weighted by atomic mass is 19.1. The number of carbonyl (C=O) groups is 2. The van der Waals surface area contributed by atoms with E-state index in [1.165, 1.54) is 4.90 Å². The summed E-state index contributed by atoms with van der Waals surface area (Å²) in [4.78, 5) is 27.6. The first kappa shape index (κ1) is 16.4. The molecule has 0 spiro atoms. The zero-order valence-corrected chi connectivity index (χ0v) is 12.8. The predicted octanol–water partition coefficient (Wildman–Crippen LogP) is 2.30. The lowest BCUT2D eigenvalue weighted by Gasteiger charge is -2.23. The fourth-order valence-corrected chi connectivity index (χ4v) is 2.54. The quantitative estimate of drug-likeness (QED) is 0.841. The van der Waals surface area contributed by atoms with Gasteiger partial charge >= 0.3 is 0 Å². The Morgan fingerprint density at radius 2 is 1.68 bits per heavy atom. The van der Waals surface area contributed by atoms with Crippen LogP contribution in [0.5, 0.6) is 0 Å². The molecule has 0 aromatic heterocycles. The molecule has 6 heteroatoms. The first-order valence-electron chi connectivity index (χ1n) is 7.43. The van der Waals surface area contributed by atoms with Crippen molar-refractivity contribution in [1.29, 1.82) is 0 Å². The second kappa shape index (κ2) is 6.85. The van der Waals surface area contributed by atoms with Gasteiger partial charge in [-0.2, -0.15) is 0 Å². The van der Waals surface area contributed by atoms with Gasteiger partial charge in [0, 0.05) is 32.1 Å². The molecule has 1 aromatic rings. The number of benzene rings is 1. The Kier molecular flexibility index (Phi) is 5.11. The van der Waals surface area contributed by atoms with Crippen LogP contribution in [-0.4, -0.2) is 47.8 Å². The standard InChI is InChI=1S/C16H20F2N2O2/c1-11(2)15(21)19-6-3-7-20(9-8-19)16(22)13-10-12(17)4-5-14(13)18/h4-5,10-11H,3,6-9H2,1-2H3. The molecule has 2 rings (SSSR count). The Morgan fingerprint density at radius 1 is 1.05 bits per heavy atom. The maximum atomic E-state index is 13.7. The first-order valence-corrected chi connectivity index (χ1v) is 7.43. The number of hydrogen-bond acceptors (Lipinski definition) is 2. The van der Waals surface area contributed by atoms with Crippen LogP contribution in [0, 0.1) is 17.6 Å². The number of amides is 2. The number of rotatable bonds is 2. The molecule has 4 nitrogen and oxygen atoms in total. The highest BCUT2D eigenvalue weighted by Gasteiger charge is 2.25. The SMILES string of the molecule is CC(C)C(=O)N1CCCN(C(=O)c2cc(F)ccc2F)CC1. The lowest BCUT2D eigenvalue weighted by Crippen LogP contribution is -2.39. The molecule has 0 atom stereocenters. The molecular formula is C16H20F2N2O2. The van der Waals surface area contributed by atoms with Crippen molar-refractivity contribution in [2.75, 3.05) is 26.2 Å². The molecule has 1 aliphatic rings. The molecule has 0 saturated carbocycles. The molecule has 0 N–H and O–H groups in total. The molecule has 1 fully saturated rings. The van der Waals surface area contributed by atoms with E-state index >= 15 is 0 Å². The second-order valence-electron chi connectivity index (χ2n) is 5.75. The minimum atomic E-state index is -0.731. The summed E-state index contributed by atoms with van der Waals surface area (Å²) < 4.78 is 26.9. The zero-order valence-electron chi connectivity index (χ0n) is 12.8. The average Bonchev–Trinajstić information content (AvgIpc) is 2.74. The van der Waals surface area contributed by atoms with E-state index in [4.69, 9.17) is 0 Å². The van der Waals surface area contributed by atoms with Crippen LogP contribution in [0.1, 0.15) is 30.6 Å². The predicted molar refractivity (Wildman–Crippen MR) is 78.3 cm³/mol. The molecule has 2 amide bonds. The van der Waals surface area contributed by atoms with E-state index < -0.39 is 17.5 Å². The van der Waals surface area contributed by atoms with Gasteiger partial charge in [-0.3, -0.25) is 9.59 Å². The van der Waals surface area contributed by atoms with Gasteiger partial charge < -0.3 is 9.80 Å². The van der Waals surface area contributed by atoms with Gasteiger partial charge in [-0.1, -0.05) is 13.8 Å². The third-order valence-corrected chi connectivity index (χ3v) is 3.75. The van der Waals surface area contributed by atoms with Gasteiger partial charge in [0.1, 0.15) is 11.6 Å². The van der Waals surface area contributed by atoms with Crippen molar-refractivity contribution in [3.8, 4) is 0 Å². The minimum Gasteiger partial charge on any atom is -0.341 e. The van der Waals surface area contributed by atoms with Crippen LogP contribution < -0.4 is 0 Å². The molecule has 1 saturated heterocycles. The second-order valence-corrected chi connectivity index (χ2v) is 5.75. The van der Waals surface area contributed by atoms with E-state index in [0.717, 1.165) is 18.2 Å². The maximum Gasteiger partial charge on any atom is 0.256 e. The largest absolute Gasteiger partial charge is 0.341 e. The number of halogens is 2. The summed E-state index contributed by atoms with van der Waals surface area (Å²) in [5.41, 5.74) is -0.261. The van der Waals surface area contributed by atoms with E-state index in [-0.39, 0.29) is 17.4 Å². The van der Waals surface area contributed by atoms with Crippen LogP contribution in [0.4, 0.5) is 8.78 Å². The van der Waals surface area contributed by atoms with E-state index in [1.54, 1.807) is 4.90 Å². The molecule has 120 valence electrons. The molecule has 1 heterocycles. The highest BCUT2D eigenvalue weighted by Crippen LogP contribution is 2.15. The Bertz CT molecular complexity index is 575. The summed E-state index contributed by atoms with van der Waals surface area (Å²) in [6, 6.07) is 2.85. The summed E-state index contributed by atoms with van der Waals surface area (Å²) in [5, 5.41) is 0. The van der Waals surface area contributed by atoms with Gasteiger partial charge in [-0.25, -0.2) is 8.78 Å². The molecule has 1 aliphatic heterocycles. The van der Waals surface area contributed by atoms with Crippen molar-refractivity contribution < 1.29 is 18.4 Å². The fraction of sp³-hybridized carbons (Fsp3) is 0.500. The molecule has 0 aliphatic carbocycles. The van der Waals surface area contributed by atoms with Crippen LogP contribution in [-0.2, 0) is 4.79 Å². The third kappa shape index (κ3) is 3.61. The summed E-state index contributed by atoms with van der Waals surface area (Å²) in [5.74, 6) is -1.95. The van der Waals surface area contributed by atoms with Crippen molar-refractivity contribution in [2.45, 2.75) is 20.3 Å². The van der Waals surface area contributed by atoms with Gasteiger partial charge in [-0.15, -0.1) is 0 Å². The van der Waals surface area contributed by atoms with Crippen molar-refractivity contribution in [3.63, 3.8) is 0 Å².